The van der Waals surface area contributed by atoms with Gasteiger partial charge in [0.05, 0.1) is 40.7 Å². The van der Waals surface area contributed by atoms with Crippen molar-refractivity contribution in [2.75, 3.05) is 36.0 Å². The molecule has 2 aliphatic heterocycles. The van der Waals surface area contributed by atoms with Crippen molar-refractivity contribution < 1.29 is 13.2 Å². The Labute approximate surface area is 268 Å². The molecule has 0 bridgehead atoms. The van der Waals surface area contributed by atoms with Crippen molar-refractivity contribution in [3.05, 3.63) is 88.3 Å². The summed E-state index contributed by atoms with van der Waals surface area (Å²) >= 11 is 6.69. The van der Waals surface area contributed by atoms with Gasteiger partial charge in [0.15, 0.2) is 0 Å². The highest BCUT2D eigenvalue weighted by Gasteiger charge is 2.33. The molecule has 0 aliphatic carbocycles. The van der Waals surface area contributed by atoms with E-state index in [2.05, 4.69) is 34.1 Å². The van der Waals surface area contributed by atoms with Gasteiger partial charge in [-0.3, -0.25) is 4.79 Å². The molecule has 232 valence electrons. The normalized spacial score (nSPS) is 16.8. The minimum absolute atomic E-state index is 0.0433. The second-order valence-electron chi connectivity index (χ2n) is 11.5. The van der Waals surface area contributed by atoms with Crippen molar-refractivity contribution in [2.24, 2.45) is 5.14 Å². The monoisotopic (exact) mass is 643 g/mol. The van der Waals surface area contributed by atoms with Crippen LogP contribution in [0, 0.1) is 11.3 Å². The van der Waals surface area contributed by atoms with Gasteiger partial charge in [0, 0.05) is 56.2 Å². The first-order valence-corrected chi connectivity index (χ1v) is 16.9. The van der Waals surface area contributed by atoms with Crippen molar-refractivity contribution in [1.82, 2.24) is 14.9 Å². The molecule has 45 heavy (non-hydrogen) atoms. The van der Waals surface area contributed by atoms with Crippen LogP contribution in [0.25, 0.3) is 10.8 Å². The van der Waals surface area contributed by atoms with E-state index in [1.54, 1.807) is 23.1 Å². The first-order valence-electron chi connectivity index (χ1n) is 14.9. The molecule has 1 atom stereocenters. The molecule has 1 saturated heterocycles. The fourth-order valence-electron chi connectivity index (χ4n) is 6.56. The summed E-state index contributed by atoms with van der Waals surface area (Å²) in [5, 5.41) is 17.8. The van der Waals surface area contributed by atoms with Gasteiger partial charge in [-0.05, 0) is 42.0 Å². The highest BCUT2D eigenvalue weighted by atomic mass is 35.5. The smallest absolute Gasteiger partial charge is 0.238 e. The second-order valence-corrected chi connectivity index (χ2v) is 13.4. The SMILES string of the molecule is CC(=O)N1CCN(c2nc(CCc3ccccc3S(N)(=O)=O)nc3c2CCN(c2cccc4cccc(Cl)c24)C3)C[C@@H]1CC#N. The number of aromatic nitrogens is 2. The molecule has 1 amide bonds. The van der Waals surface area contributed by atoms with Crippen LogP contribution in [0.15, 0.2) is 65.6 Å². The van der Waals surface area contributed by atoms with E-state index in [1.807, 2.05) is 18.2 Å². The van der Waals surface area contributed by atoms with Crippen LogP contribution in [-0.4, -0.2) is 61.4 Å². The minimum atomic E-state index is -3.89. The number of sulfonamides is 1. The van der Waals surface area contributed by atoms with E-state index in [-0.39, 0.29) is 23.3 Å². The number of aryl methyl sites for hydroxylation is 2. The number of carbonyl (C=O) groups is 1. The topological polar surface area (TPSA) is 137 Å². The summed E-state index contributed by atoms with van der Waals surface area (Å²) in [5.41, 5.74) is 3.60. The molecule has 1 fully saturated rings. The Morgan fingerprint density at radius 3 is 2.56 bits per heavy atom. The number of amides is 1. The Kier molecular flexibility index (Phi) is 8.64. The zero-order valence-corrected chi connectivity index (χ0v) is 26.6. The maximum Gasteiger partial charge on any atom is 0.238 e. The molecule has 2 N–H and O–H groups in total. The van der Waals surface area contributed by atoms with Crippen molar-refractivity contribution in [3.63, 3.8) is 0 Å². The van der Waals surface area contributed by atoms with Gasteiger partial charge in [0.2, 0.25) is 15.9 Å². The molecule has 4 aromatic rings. The number of benzene rings is 3. The third kappa shape index (κ3) is 6.31. The number of halogens is 1. The zero-order chi connectivity index (χ0) is 31.7. The molecule has 0 unspecified atom stereocenters. The largest absolute Gasteiger partial charge is 0.365 e. The van der Waals surface area contributed by atoms with Crippen LogP contribution in [0.3, 0.4) is 0 Å². The van der Waals surface area contributed by atoms with Crippen LogP contribution in [0.1, 0.15) is 36.0 Å². The highest BCUT2D eigenvalue weighted by molar-refractivity contribution is 7.89. The van der Waals surface area contributed by atoms with E-state index in [9.17, 15) is 18.5 Å². The van der Waals surface area contributed by atoms with Gasteiger partial charge in [0.25, 0.3) is 0 Å². The molecular formula is C33H34ClN7O3S. The van der Waals surface area contributed by atoms with Gasteiger partial charge in [0.1, 0.15) is 11.6 Å². The average molecular weight is 644 g/mol. The minimum Gasteiger partial charge on any atom is -0.365 e. The first-order chi connectivity index (χ1) is 21.6. The quantitative estimate of drug-likeness (QED) is 0.316. The number of hydrogen-bond donors (Lipinski definition) is 1. The highest BCUT2D eigenvalue weighted by Crippen LogP contribution is 2.37. The van der Waals surface area contributed by atoms with Gasteiger partial charge in [-0.25, -0.2) is 23.5 Å². The van der Waals surface area contributed by atoms with Crippen molar-refractivity contribution in [1.29, 1.82) is 5.26 Å². The molecular weight excluding hydrogens is 610 g/mol. The van der Waals surface area contributed by atoms with Gasteiger partial charge in [-0.2, -0.15) is 5.26 Å². The van der Waals surface area contributed by atoms with E-state index < -0.39 is 10.0 Å². The molecule has 0 saturated carbocycles. The standard InChI is InChI=1S/C33H34ClN7O3S/c1-22(42)41-19-18-40(20-25(41)14-16-35)33-26-15-17-39(29-10-5-8-24-7-4-9-27(34)32(24)29)21-28(26)37-31(38-33)13-12-23-6-2-3-11-30(23)45(36,43)44/h2-11,25H,12-15,17-21H2,1H3,(H2,36,43,44)/t25-/m0/s1. The van der Waals surface area contributed by atoms with E-state index in [1.165, 1.54) is 13.0 Å². The Bertz CT molecular complexity index is 1920. The number of fused-ring (bicyclic) bond motifs is 2. The lowest BCUT2D eigenvalue weighted by Gasteiger charge is -2.42. The number of anilines is 2. The fraction of sp³-hybridized carbons (Fsp3) is 0.333. The summed E-state index contributed by atoms with van der Waals surface area (Å²) < 4.78 is 24.5. The molecule has 3 heterocycles. The summed E-state index contributed by atoms with van der Waals surface area (Å²) in [6.45, 7) is 4.40. The van der Waals surface area contributed by atoms with Crippen LogP contribution >= 0.6 is 11.6 Å². The fourth-order valence-corrected chi connectivity index (χ4v) is 7.64. The van der Waals surface area contributed by atoms with Gasteiger partial charge in [-0.1, -0.05) is 54.1 Å². The Morgan fingerprint density at radius 1 is 1.02 bits per heavy atom. The lowest BCUT2D eigenvalue weighted by Crippen LogP contribution is -2.55. The van der Waals surface area contributed by atoms with Crippen molar-refractivity contribution in [2.45, 2.75) is 50.1 Å². The van der Waals surface area contributed by atoms with Crippen LogP contribution in [0.4, 0.5) is 11.5 Å². The lowest BCUT2D eigenvalue weighted by molar-refractivity contribution is -0.131. The number of nitriles is 1. The molecule has 10 nitrogen and oxygen atoms in total. The van der Waals surface area contributed by atoms with E-state index in [4.69, 9.17) is 26.7 Å². The maximum absolute atomic E-state index is 12.3. The lowest BCUT2D eigenvalue weighted by atomic mass is 10.0. The summed E-state index contributed by atoms with van der Waals surface area (Å²) in [5.74, 6) is 1.37. The van der Waals surface area contributed by atoms with E-state index in [0.29, 0.717) is 61.9 Å². The third-order valence-electron chi connectivity index (χ3n) is 8.67. The number of rotatable bonds is 7. The summed E-state index contributed by atoms with van der Waals surface area (Å²) in [4.78, 5) is 28.8. The van der Waals surface area contributed by atoms with Crippen molar-refractivity contribution in [3.8, 4) is 6.07 Å². The van der Waals surface area contributed by atoms with E-state index >= 15 is 0 Å². The number of piperazine rings is 1. The van der Waals surface area contributed by atoms with Gasteiger partial charge < -0.3 is 14.7 Å². The number of hydrogen-bond acceptors (Lipinski definition) is 8. The average Bonchev–Trinajstić information content (AvgIpc) is 3.02. The van der Waals surface area contributed by atoms with Gasteiger partial charge >= 0.3 is 0 Å². The number of nitrogens with two attached hydrogens (primary N) is 1. The zero-order valence-electron chi connectivity index (χ0n) is 25.0. The molecule has 12 heteroatoms. The maximum atomic E-state index is 12.3. The van der Waals surface area contributed by atoms with Crippen LogP contribution < -0.4 is 14.9 Å². The number of carbonyl (C=O) groups excluding carboxylic acids is 1. The summed E-state index contributed by atoms with van der Waals surface area (Å²) in [6, 6.07) is 20.8. The van der Waals surface area contributed by atoms with Crippen LogP contribution in [-0.2, 0) is 40.6 Å². The molecule has 1 aromatic heterocycles. The third-order valence-corrected chi connectivity index (χ3v) is 10.00. The molecule has 0 spiro atoms. The first kappa shape index (κ1) is 30.8. The van der Waals surface area contributed by atoms with Crippen LogP contribution in [0.2, 0.25) is 5.02 Å². The Hall–Kier alpha value is -4.24. The van der Waals surface area contributed by atoms with Gasteiger partial charge in [-0.15, -0.1) is 0 Å². The van der Waals surface area contributed by atoms with Crippen LogP contribution in [0.5, 0.6) is 0 Å². The summed E-state index contributed by atoms with van der Waals surface area (Å²) in [7, 11) is -3.89. The van der Waals surface area contributed by atoms with E-state index in [0.717, 1.165) is 40.1 Å². The Morgan fingerprint density at radius 2 is 1.80 bits per heavy atom. The predicted molar refractivity (Wildman–Crippen MR) is 175 cm³/mol. The predicted octanol–water partition coefficient (Wildman–Crippen LogP) is 4.23. The molecule has 6 rings (SSSR count). The van der Waals surface area contributed by atoms with Crippen molar-refractivity contribution >= 4 is 49.8 Å². The number of primary sulfonamides is 1. The Balaban J connectivity index is 1.38. The molecule has 2 aliphatic rings. The molecule has 3 aromatic carbocycles. The summed E-state index contributed by atoms with van der Waals surface area (Å²) in [6.07, 6.45) is 1.73. The molecule has 0 radical (unpaired) electrons. The second kappa shape index (κ2) is 12.6. The number of nitrogens with zero attached hydrogens (tertiary/aromatic N) is 6.